The van der Waals surface area contributed by atoms with Gasteiger partial charge in [-0.25, -0.2) is 4.98 Å². The lowest BCUT2D eigenvalue weighted by Crippen LogP contribution is -1.88. The number of aromatic nitrogens is 2. The minimum Gasteiger partial charge on any atom is -0.291 e. The summed E-state index contributed by atoms with van der Waals surface area (Å²) >= 11 is 0. The van der Waals surface area contributed by atoms with Gasteiger partial charge in [0.15, 0.2) is 0 Å². The minimum absolute atomic E-state index is 0.619. The summed E-state index contributed by atoms with van der Waals surface area (Å²) in [7, 11) is 0. The fourth-order valence-corrected chi connectivity index (χ4v) is 1.22. The van der Waals surface area contributed by atoms with Crippen LogP contribution in [0.25, 0.3) is 5.65 Å². The van der Waals surface area contributed by atoms with Crippen molar-refractivity contribution in [3.05, 3.63) is 35.8 Å². The Labute approximate surface area is 69.9 Å². The fraction of sp³-hybridized carbons (Fsp3) is 0.111. The summed E-state index contributed by atoms with van der Waals surface area (Å²) in [6.45, 7) is 1.91. The van der Waals surface area contributed by atoms with Crippen molar-refractivity contribution in [1.82, 2.24) is 9.38 Å². The first kappa shape index (κ1) is 6.86. The van der Waals surface area contributed by atoms with Gasteiger partial charge < -0.3 is 0 Å². The highest BCUT2D eigenvalue weighted by Gasteiger charge is 1.99. The normalized spacial score (nSPS) is 10.0. The van der Waals surface area contributed by atoms with E-state index in [1.807, 2.05) is 25.3 Å². The Kier molecular flexibility index (Phi) is 1.34. The Balaban J connectivity index is 2.89. The van der Waals surface area contributed by atoms with Gasteiger partial charge in [0.25, 0.3) is 0 Å². The molecule has 0 spiro atoms. The molecule has 12 heavy (non-hydrogen) atoms. The van der Waals surface area contributed by atoms with Crippen LogP contribution < -0.4 is 0 Å². The van der Waals surface area contributed by atoms with E-state index in [0.717, 1.165) is 11.3 Å². The summed E-state index contributed by atoms with van der Waals surface area (Å²) < 4.78 is 1.79. The number of pyridine rings is 1. The van der Waals surface area contributed by atoms with Crippen LogP contribution in [-0.2, 0) is 0 Å². The maximum absolute atomic E-state index is 8.75. The molecule has 3 heteroatoms. The molecule has 0 radical (unpaired) electrons. The zero-order chi connectivity index (χ0) is 8.55. The highest BCUT2D eigenvalue weighted by molar-refractivity contribution is 5.44. The van der Waals surface area contributed by atoms with Crippen molar-refractivity contribution in [2.24, 2.45) is 0 Å². The molecule has 58 valence electrons. The molecule has 0 amide bonds. The van der Waals surface area contributed by atoms with Gasteiger partial charge in [0, 0.05) is 6.20 Å². The van der Waals surface area contributed by atoms with Gasteiger partial charge in [0.1, 0.15) is 17.4 Å². The van der Waals surface area contributed by atoms with Crippen LogP contribution in [0.2, 0.25) is 0 Å². The van der Waals surface area contributed by atoms with E-state index in [2.05, 4.69) is 11.1 Å². The zero-order valence-corrected chi connectivity index (χ0v) is 6.65. The first-order chi connectivity index (χ1) is 5.81. The number of rotatable bonds is 0. The predicted molar refractivity (Wildman–Crippen MR) is 44.6 cm³/mol. The maximum Gasteiger partial charge on any atom is 0.138 e. The third-order valence-corrected chi connectivity index (χ3v) is 1.73. The predicted octanol–water partition coefficient (Wildman–Crippen LogP) is 1.51. The Morgan fingerprint density at radius 3 is 3.08 bits per heavy atom. The second-order valence-electron chi connectivity index (χ2n) is 2.63. The molecule has 0 aliphatic rings. The number of nitrogens with zero attached hydrogens (tertiary/aromatic N) is 3. The standard InChI is InChI=1S/C9H7N3/c1-7-6-12-8(5-10)3-2-4-9(12)11-7/h2-4,6H,1H3. The van der Waals surface area contributed by atoms with Crippen LogP contribution in [-0.4, -0.2) is 9.38 Å². The molecule has 0 fully saturated rings. The second kappa shape index (κ2) is 2.35. The van der Waals surface area contributed by atoms with Crippen molar-refractivity contribution in [3.8, 4) is 6.07 Å². The molecule has 0 aromatic carbocycles. The molecule has 2 aromatic rings. The van der Waals surface area contributed by atoms with Crippen LogP contribution in [0.15, 0.2) is 24.4 Å². The first-order valence-electron chi connectivity index (χ1n) is 3.66. The monoisotopic (exact) mass is 157 g/mol. The Morgan fingerprint density at radius 2 is 2.33 bits per heavy atom. The molecule has 0 bridgehead atoms. The third kappa shape index (κ3) is 0.857. The summed E-state index contributed by atoms with van der Waals surface area (Å²) in [4.78, 5) is 4.23. The van der Waals surface area contributed by atoms with Gasteiger partial charge in [-0.1, -0.05) is 6.07 Å². The first-order valence-corrected chi connectivity index (χ1v) is 3.66. The van der Waals surface area contributed by atoms with Crippen LogP contribution in [0.5, 0.6) is 0 Å². The van der Waals surface area contributed by atoms with E-state index >= 15 is 0 Å². The van der Waals surface area contributed by atoms with Gasteiger partial charge in [-0.2, -0.15) is 5.26 Å². The van der Waals surface area contributed by atoms with Gasteiger partial charge in [0.05, 0.1) is 5.69 Å². The topological polar surface area (TPSA) is 41.1 Å². The smallest absolute Gasteiger partial charge is 0.138 e. The average molecular weight is 157 g/mol. The van der Waals surface area contributed by atoms with Crippen molar-refractivity contribution in [2.75, 3.05) is 0 Å². The van der Waals surface area contributed by atoms with E-state index in [1.165, 1.54) is 0 Å². The van der Waals surface area contributed by atoms with Crippen molar-refractivity contribution < 1.29 is 0 Å². The number of hydrogen-bond acceptors (Lipinski definition) is 2. The highest BCUT2D eigenvalue weighted by Crippen LogP contribution is 2.06. The van der Waals surface area contributed by atoms with Gasteiger partial charge in [-0.3, -0.25) is 4.40 Å². The van der Waals surface area contributed by atoms with E-state index in [-0.39, 0.29) is 0 Å². The molecule has 0 aliphatic heterocycles. The molecule has 0 saturated carbocycles. The van der Waals surface area contributed by atoms with E-state index in [9.17, 15) is 0 Å². The van der Waals surface area contributed by atoms with Gasteiger partial charge >= 0.3 is 0 Å². The SMILES string of the molecule is Cc1cn2c(C#N)cccc2n1. The van der Waals surface area contributed by atoms with Crippen molar-refractivity contribution in [2.45, 2.75) is 6.92 Å². The van der Waals surface area contributed by atoms with Gasteiger partial charge in [0.2, 0.25) is 0 Å². The number of nitriles is 1. The van der Waals surface area contributed by atoms with Crippen molar-refractivity contribution in [3.63, 3.8) is 0 Å². The molecule has 0 aliphatic carbocycles. The maximum atomic E-state index is 8.75. The molecule has 3 nitrogen and oxygen atoms in total. The Bertz CT molecular complexity index is 462. The molecule has 2 rings (SSSR count). The lowest BCUT2D eigenvalue weighted by Gasteiger charge is -1.93. The number of imidazole rings is 1. The molecule has 2 heterocycles. The Hall–Kier alpha value is -1.82. The molecule has 0 atom stereocenters. The van der Waals surface area contributed by atoms with Crippen LogP contribution in [0.4, 0.5) is 0 Å². The molecule has 2 aromatic heterocycles. The minimum atomic E-state index is 0.619. The highest BCUT2D eigenvalue weighted by atomic mass is 15.0. The fourth-order valence-electron chi connectivity index (χ4n) is 1.22. The van der Waals surface area contributed by atoms with E-state index < -0.39 is 0 Å². The lowest BCUT2D eigenvalue weighted by atomic mass is 10.4. The summed E-state index contributed by atoms with van der Waals surface area (Å²) in [5.74, 6) is 0. The van der Waals surface area contributed by atoms with Crippen LogP contribution in [0.3, 0.4) is 0 Å². The second-order valence-corrected chi connectivity index (χ2v) is 2.63. The largest absolute Gasteiger partial charge is 0.291 e. The Morgan fingerprint density at radius 1 is 1.50 bits per heavy atom. The van der Waals surface area contributed by atoms with Crippen molar-refractivity contribution >= 4 is 5.65 Å². The van der Waals surface area contributed by atoms with E-state index in [1.54, 1.807) is 10.5 Å². The van der Waals surface area contributed by atoms with E-state index in [0.29, 0.717) is 5.69 Å². The summed E-state index contributed by atoms with van der Waals surface area (Å²) in [5, 5.41) is 8.75. The van der Waals surface area contributed by atoms with Crippen LogP contribution >= 0.6 is 0 Å². The lowest BCUT2D eigenvalue weighted by molar-refractivity contribution is 1.14. The molecule has 0 unspecified atom stereocenters. The van der Waals surface area contributed by atoms with Gasteiger partial charge in [-0.15, -0.1) is 0 Å². The van der Waals surface area contributed by atoms with Crippen molar-refractivity contribution in [1.29, 1.82) is 5.26 Å². The van der Waals surface area contributed by atoms with Crippen LogP contribution in [0.1, 0.15) is 11.4 Å². The average Bonchev–Trinajstić information content (AvgIpc) is 2.44. The number of aryl methyl sites for hydroxylation is 1. The molecular weight excluding hydrogens is 150 g/mol. The number of hydrogen-bond donors (Lipinski definition) is 0. The molecule has 0 saturated heterocycles. The zero-order valence-electron chi connectivity index (χ0n) is 6.65. The third-order valence-electron chi connectivity index (χ3n) is 1.73. The molecule has 0 N–H and O–H groups in total. The summed E-state index contributed by atoms with van der Waals surface area (Å²) in [6, 6.07) is 7.59. The number of fused-ring (bicyclic) bond motifs is 1. The summed E-state index contributed by atoms with van der Waals surface area (Å²) in [6.07, 6.45) is 1.86. The quantitative estimate of drug-likeness (QED) is 0.581. The summed E-state index contributed by atoms with van der Waals surface area (Å²) in [5.41, 5.74) is 2.37. The van der Waals surface area contributed by atoms with Crippen LogP contribution in [0, 0.1) is 18.3 Å². The molecular formula is C9H7N3. The van der Waals surface area contributed by atoms with E-state index in [4.69, 9.17) is 5.26 Å². The van der Waals surface area contributed by atoms with Gasteiger partial charge in [-0.05, 0) is 19.1 Å².